The van der Waals surface area contributed by atoms with Crippen molar-refractivity contribution < 1.29 is 18.0 Å². The fraction of sp³-hybridized carbons (Fsp3) is 0.182. The molecular weight excluding hydrogens is 279 g/mol. The summed E-state index contributed by atoms with van der Waals surface area (Å²) in [7, 11) is 0. The van der Waals surface area contributed by atoms with Crippen LogP contribution in [0, 0.1) is 0 Å². The van der Waals surface area contributed by atoms with Crippen molar-refractivity contribution in [3.05, 3.63) is 45.7 Å². The number of hydrogen-bond donors (Lipinski definition) is 1. The van der Waals surface area contributed by atoms with Crippen LogP contribution in [0.1, 0.15) is 27.3 Å². The molecule has 0 saturated carbocycles. The second kappa shape index (κ2) is 4.96. The van der Waals surface area contributed by atoms with Gasteiger partial charge in [0.1, 0.15) is 0 Å². The van der Waals surface area contributed by atoms with Gasteiger partial charge in [0.25, 0.3) is 5.91 Å². The Morgan fingerprint density at radius 3 is 2.63 bits per heavy atom. The van der Waals surface area contributed by atoms with Crippen molar-refractivity contribution in [2.45, 2.75) is 12.6 Å². The Kier molecular flexibility index (Phi) is 3.52. The first-order chi connectivity index (χ1) is 8.88. The van der Waals surface area contributed by atoms with Crippen LogP contribution in [0.5, 0.6) is 0 Å². The lowest BCUT2D eigenvalue weighted by molar-refractivity contribution is -0.137. The van der Waals surface area contributed by atoms with Gasteiger partial charge >= 0.3 is 6.18 Å². The molecule has 0 aromatic carbocycles. The third-order valence-electron chi connectivity index (χ3n) is 2.40. The second-order valence-corrected chi connectivity index (χ2v) is 4.46. The van der Waals surface area contributed by atoms with Gasteiger partial charge in [-0.3, -0.25) is 9.78 Å². The van der Waals surface area contributed by atoms with Crippen molar-refractivity contribution in [2.24, 2.45) is 5.73 Å². The highest BCUT2D eigenvalue weighted by molar-refractivity contribution is 7.07. The molecule has 0 aliphatic carbocycles. The molecule has 0 aliphatic rings. The average Bonchev–Trinajstić information content (AvgIpc) is 2.80. The number of nitrogens with two attached hydrogens (primary N) is 1. The molecule has 1 amide bonds. The Hall–Kier alpha value is -1.96. The topological polar surface area (TPSA) is 68.9 Å². The molecule has 0 fully saturated rings. The lowest BCUT2D eigenvalue weighted by Gasteiger charge is -2.10. The van der Waals surface area contributed by atoms with Crippen LogP contribution in [0.15, 0.2) is 23.2 Å². The van der Waals surface area contributed by atoms with Crippen LogP contribution >= 0.6 is 11.3 Å². The summed E-state index contributed by atoms with van der Waals surface area (Å²) in [6.45, 7) is 0. The number of rotatable bonds is 3. The van der Waals surface area contributed by atoms with Gasteiger partial charge in [-0.15, -0.1) is 11.3 Å². The Morgan fingerprint density at radius 2 is 2.11 bits per heavy atom. The highest BCUT2D eigenvalue weighted by Crippen LogP contribution is 2.30. The molecule has 4 nitrogen and oxygen atoms in total. The van der Waals surface area contributed by atoms with E-state index >= 15 is 0 Å². The van der Waals surface area contributed by atoms with Gasteiger partial charge < -0.3 is 5.73 Å². The zero-order valence-corrected chi connectivity index (χ0v) is 10.3. The molecule has 0 spiro atoms. The van der Waals surface area contributed by atoms with Crippen LogP contribution in [0.2, 0.25) is 0 Å². The number of nitrogens with zero attached hydrogens (tertiary/aromatic N) is 2. The number of aromatic nitrogens is 2. The molecule has 2 aromatic rings. The summed E-state index contributed by atoms with van der Waals surface area (Å²) in [4.78, 5) is 18.9. The summed E-state index contributed by atoms with van der Waals surface area (Å²) in [5.41, 5.74) is 6.26. The Bertz CT molecular complexity index is 596. The number of carbonyl (C=O) groups is 1. The van der Waals surface area contributed by atoms with E-state index in [1.54, 1.807) is 10.9 Å². The number of carbonyl (C=O) groups excluding carboxylic acids is 1. The van der Waals surface area contributed by atoms with Crippen molar-refractivity contribution in [3.63, 3.8) is 0 Å². The van der Waals surface area contributed by atoms with Gasteiger partial charge in [-0.25, -0.2) is 4.98 Å². The number of alkyl halides is 3. The van der Waals surface area contributed by atoms with Gasteiger partial charge in [0.2, 0.25) is 0 Å². The summed E-state index contributed by atoms with van der Waals surface area (Å²) < 4.78 is 37.6. The largest absolute Gasteiger partial charge is 0.417 e. The van der Waals surface area contributed by atoms with Crippen molar-refractivity contribution >= 4 is 17.2 Å². The van der Waals surface area contributed by atoms with E-state index < -0.39 is 17.6 Å². The minimum atomic E-state index is -4.56. The SMILES string of the molecule is NC(=O)c1cc(C(F)(F)F)cnc1Cc1cscn1. The number of halogens is 3. The third-order valence-corrected chi connectivity index (χ3v) is 3.03. The number of pyridine rings is 1. The number of hydrogen-bond acceptors (Lipinski definition) is 4. The van der Waals surface area contributed by atoms with E-state index in [1.807, 2.05) is 0 Å². The lowest BCUT2D eigenvalue weighted by Crippen LogP contribution is -2.17. The highest BCUT2D eigenvalue weighted by Gasteiger charge is 2.32. The van der Waals surface area contributed by atoms with Gasteiger partial charge in [-0.05, 0) is 6.07 Å². The van der Waals surface area contributed by atoms with E-state index in [1.165, 1.54) is 11.3 Å². The molecule has 0 bridgehead atoms. The minimum absolute atomic E-state index is 0.167. The molecule has 19 heavy (non-hydrogen) atoms. The van der Waals surface area contributed by atoms with Gasteiger partial charge in [-0.2, -0.15) is 13.2 Å². The summed E-state index contributed by atoms with van der Waals surface area (Å²) in [6.07, 6.45) is -3.70. The molecule has 8 heteroatoms. The second-order valence-electron chi connectivity index (χ2n) is 3.74. The van der Waals surface area contributed by atoms with E-state index in [9.17, 15) is 18.0 Å². The Balaban J connectivity index is 2.41. The van der Waals surface area contributed by atoms with Gasteiger partial charge in [0.05, 0.1) is 28.0 Å². The minimum Gasteiger partial charge on any atom is -0.366 e. The van der Waals surface area contributed by atoms with E-state index in [-0.39, 0.29) is 17.7 Å². The smallest absolute Gasteiger partial charge is 0.366 e. The van der Waals surface area contributed by atoms with Gasteiger partial charge in [0.15, 0.2) is 0 Å². The zero-order chi connectivity index (χ0) is 14.0. The molecule has 2 aromatic heterocycles. The molecule has 0 atom stereocenters. The molecule has 0 saturated heterocycles. The summed E-state index contributed by atoms with van der Waals surface area (Å²) >= 11 is 1.35. The highest BCUT2D eigenvalue weighted by atomic mass is 32.1. The van der Waals surface area contributed by atoms with Gasteiger partial charge in [0, 0.05) is 18.0 Å². The first-order valence-electron chi connectivity index (χ1n) is 5.11. The van der Waals surface area contributed by atoms with Crippen molar-refractivity contribution in [2.75, 3.05) is 0 Å². The molecule has 2 N–H and O–H groups in total. The standard InChI is InChI=1S/C11H8F3N3OS/c12-11(13,14)6-1-8(10(15)18)9(16-3-6)2-7-4-19-5-17-7/h1,3-5H,2H2,(H2,15,18). The van der Waals surface area contributed by atoms with Crippen LogP contribution < -0.4 is 5.73 Å². The summed E-state index contributed by atoms with van der Waals surface area (Å²) in [5.74, 6) is -0.941. The predicted octanol–water partition coefficient (Wildman–Crippen LogP) is 2.25. The fourth-order valence-electron chi connectivity index (χ4n) is 1.50. The lowest BCUT2D eigenvalue weighted by atomic mass is 10.1. The van der Waals surface area contributed by atoms with Gasteiger partial charge in [-0.1, -0.05) is 0 Å². The van der Waals surface area contributed by atoms with E-state index in [2.05, 4.69) is 9.97 Å². The van der Waals surface area contributed by atoms with E-state index in [0.29, 0.717) is 11.9 Å². The number of thiazole rings is 1. The number of amides is 1. The monoisotopic (exact) mass is 287 g/mol. The molecule has 2 rings (SSSR count). The maximum absolute atomic E-state index is 12.5. The molecule has 0 unspecified atom stereocenters. The average molecular weight is 287 g/mol. The predicted molar refractivity (Wildman–Crippen MR) is 62.7 cm³/mol. The first-order valence-corrected chi connectivity index (χ1v) is 6.05. The first kappa shape index (κ1) is 13.5. The Labute approximate surface area is 110 Å². The van der Waals surface area contributed by atoms with Crippen molar-refractivity contribution in [1.82, 2.24) is 9.97 Å². The van der Waals surface area contributed by atoms with E-state index in [4.69, 9.17) is 5.73 Å². The molecule has 2 heterocycles. The quantitative estimate of drug-likeness (QED) is 0.941. The maximum Gasteiger partial charge on any atom is 0.417 e. The fourth-order valence-corrected chi connectivity index (χ4v) is 2.06. The maximum atomic E-state index is 12.5. The summed E-state index contributed by atoms with van der Waals surface area (Å²) in [6, 6.07) is 0.719. The normalized spacial score (nSPS) is 11.5. The molecular formula is C11H8F3N3OS. The summed E-state index contributed by atoms with van der Waals surface area (Å²) in [5, 5.41) is 1.73. The Morgan fingerprint density at radius 1 is 1.37 bits per heavy atom. The van der Waals surface area contributed by atoms with Crippen molar-refractivity contribution in [3.8, 4) is 0 Å². The third kappa shape index (κ3) is 3.08. The van der Waals surface area contributed by atoms with Crippen LogP contribution in [0.25, 0.3) is 0 Å². The van der Waals surface area contributed by atoms with Crippen LogP contribution in [-0.4, -0.2) is 15.9 Å². The van der Waals surface area contributed by atoms with Crippen LogP contribution in [0.3, 0.4) is 0 Å². The molecule has 100 valence electrons. The van der Waals surface area contributed by atoms with Crippen LogP contribution in [-0.2, 0) is 12.6 Å². The molecule has 0 aliphatic heterocycles. The van der Waals surface area contributed by atoms with E-state index in [0.717, 1.165) is 6.07 Å². The number of primary amides is 1. The van der Waals surface area contributed by atoms with Crippen molar-refractivity contribution in [1.29, 1.82) is 0 Å². The van der Waals surface area contributed by atoms with Crippen LogP contribution in [0.4, 0.5) is 13.2 Å². The molecule has 0 radical (unpaired) electrons. The zero-order valence-electron chi connectivity index (χ0n) is 9.44.